The van der Waals surface area contributed by atoms with E-state index in [1.165, 1.54) is 32.1 Å². The molecule has 1 aromatic carbocycles. The van der Waals surface area contributed by atoms with E-state index in [2.05, 4.69) is 33.0 Å². The summed E-state index contributed by atoms with van der Waals surface area (Å²) in [5.74, 6) is 0.878. The molecule has 0 saturated heterocycles. The van der Waals surface area contributed by atoms with Crippen LogP contribution in [0.25, 0.3) is 16.6 Å². The quantitative estimate of drug-likeness (QED) is 0.781. The van der Waals surface area contributed by atoms with E-state index in [1.54, 1.807) is 0 Å². The molecule has 1 N–H and O–H groups in total. The number of fused-ring (bicyclic) bond motifs is 3. The largest absolute Gasteiger partial charge is 0.494 e. The van der Waals surface area contributed by atoms with E-state index in [4.69, 9.17) is 4.74 Å². The maximum Gasteiger partial charge on any atom is 0.184 e. The number of aromatic nitrogens is 4. The predicted molar refractivity (Wildman–Crippen MR) is 93.2 cm³/mol. The van der Waals surface area contributed by atoms with Gasteiger partial charge in [0, 0.05) is 23.5 Å². The average Bonchev–Trinajstić information content (AvgIpc) is 3.11. The van der Waals surface area contributed by atoms with Crippen LogP contribution in [-0.4, -0.2) is 32.7 Å². The molecule has 0 radical (unpaired) electrons. The zero-order valence-electron chi connectivity index (χ0n) is 14.0. The fraction of sp³-hybridized carbons (Fsp3) is 0.500. The van der Waals surface area contributed by atoms with Crippen LogP contribution in [0.1, 0.15) is 44.6 Å². The summed E-state index contributed by atoms with van der Waals surface area (Å²) in [5.41, 5.74) is 2.96. The molecule has 1 aliphatic carbocycles. The van der Waals surface area contributed by atoms with Crippen molar-refractivity contribution in [2.24, 2.45) is 0 Å². The summed E-state index contributed by atoms with van der Waals surface area (Å²) in [5, 5.41) is 17.0. The van der Waals surface area contributed by atoms with Crippen LogP contribution in [0.4, 0.5) is 0 Å². The molecule has 0 unspecified atom stereocenters. The third-order valence-electron chi connectivity index (χ3n) is 4.81. The number of ether oxygens (including phenoxy) is 1. The van der Waals surface area contributed by atoms with Crippen molar-refractivity contribution >= 4 is 16.6 Å². The Balaban J connectivity index is 1.68. The van der Waals surface area contributed by atoms with Crippen molar-refractivity contribution < 1.29 is 4.74 Å². The van der Waals surface area contributed by atoms with Gasteiger partial charge in [-0.1, -0.05) is 19.3 Å². The Hall–Kier alpha value is -2.21. The SMILES string of the molecule is CCOc1ccc2c(c1)cc(CNC1CCCCC1)c1nnnn12. The van der Waals surface area contributed by atoms with E-state index >= 15 is 0 Å². The standard InChI is InChI=1S/C18H23N5O/c1-2-24-16-8-9-17-13(11-16)10-14(18-20-21-22-23(17)18)12-19-15-6-4-3-5-7-15/h8-11,15,19H,2-7,12H2,1H3. The van der Waals surface area contributed by atoms with Gasteiger partial charge in [-0.3, -0.25) is 0 Å². The van der Waals surface area contributed by atoms with Crippen LogP contribution in [0, 0.1) is 0 Å². The van der Waals surface area contributed by atoms with Crippen molar-refractivity contribution in [3.63, 3.8) is 0 Å². The molecular formula is C18H23N5O. The highest BCUT2D eigenvalue weighted by molar-refractivity contribution is 5.84. The predicted octanol–water partition coefficient (Wildman–Crippen LogP) is 3.10. The molecule has 6 nitrogen and oxygen atoms in total. The second-order valence-corrected chi connectivity index (χ2v) is 6.45. The van der Waals surface area contributed by atoms with Crippen LogP contribution < -0.4 is 10.1 Å². The molecule has 4 rings (SSSR count). The van der Waals surface area contributed by atoms with Gasteiger partial charge in [0.25, 0.3) is 0 Å². The number of rotatable bonds is 5. The summed E-state index contributed by atoms with van der Waals surface area (Å²) in [4.78, 5) is 0. The molecule has 6 heteroatoms. The molecule has 0 atom stereocenters. The normalized spacial score (nSPS) is 16.0. The summed E-state index contributed by atoms with van der Waals surface area (Å²) in [6.07, 6.45) is 6.56. The van der Waals surface area contributed by atoms with Crippen LogP contribution in [0.5, 0.6) is 5.75 Å². The zero-order chi connectivity index (χ0) is 16.4. The minimum atomic E-state index is 0.611. The molecule has 126 valence electrons. The van der Waals surface area contributed by atoms with Gasteiger partial charge in [-0.25, -0.2) is 0 Å². The number of nitrogens with one attached hydrogen (secondary N) is 1. The molecule has 2 heterocycles. The highest BCUT2D eigenvalue weighted by Crippen LogP contribution is 2.24. The molecule has 0 bridgehead atoms. The van der Waals surface area contributed by atoms with Gasteiger partial charge in [0.05, 0.1) is 12.1 Å². The lowest BCUT2D eigenvalue weighted by Crippen LogP contribution is -2.30. The van der Waals surface area contributed by atoms with Crippen molar-refractivity contribution in [2.75, 3.05) is 6.61 Å². The summed E-state index contributed by atoms with van der Waals surface area (Å²) < 4.78 is 7.45. The number of benzene rings is 1. The lowest BCUT2D eigenvalue weighted by atomic mass is 9.95. The molecule has 24 heavy (non-hydrogen) atoms. The Bertz CT molecular complexity index is 838. The van der Waals surface area contributed by atoms with Crippen LogP contribution in [0.2, 0.25) is 0 Å². The second kappa shape index (κ2) is 6.73. The van der Waals surface area contributed by atoms with Crippen LogP contribution >= 0.6 is 0 Å². The molecule has 1 aliphatic rings. The fourth-order valence-electron chi connectivity index (χ4n) is 3.59. The lowest BCUT2D eigenvalue weighted by Gasteiger charge is -2.23. The van der Waals surface area contributed by atoms with Crippen molar-refractivity contribution in [3.05, 3.63) is 29.8 Å². The highest BCUT2D eigenvalue weighted by Gasteiger charge is 2.15. The molecule has 0 spiro atoms. The Labute approximate surface area is 141 Å². The van der Waals surface area contributed by atoms with Gasteiger partial charge in [-0.15, -0.1) is 5.10 Å². The third-order valence-corrected chi connectivity index (χ3v) is 4.81. The number of nitrogens with zero attached hydrogens (tertiary/aromatic N) is 4. The molecule has 0 aliphatic heterocycles. The topological polar surface area (TPSA) is 64.3 Å². The fourth-order valence-corrected chi connectivity index (χ4v) is 3.59. The second-order valence-electron chi connectivity index (χ2n) is 6.45. The van der Waals surface area contributed by atoms with Gasteiger partial charge < -0.3 is 10.1 Å². The monoisotopic (exact) mass is 325 g/mol. The number of hydrogen-bond donors (Lipinski definition) is 1. The maximum absolute atomic E-state index is 5.63. The zero-order valence-corrected chi connectivity index (χ0v) is 14.0. The van der Waals surface area contributed by atoms with Crippen LogP contribution in [-0.2, 0) is 6.54 Å². The summed E-state index contributed by atoms with van der Waals surface area (Å²) in [6.45, 7) is 3.45. The van der Waals surface area contributed by atoms with Gasteiger partial charge in [-0.2, -0.15) is 4.52 Å². The number of pyridine rings is 1. The first-order chi connectivity index (χ1) is 11.8. The van der Waals surface area contributed by atoms with Gasteiger partial charge in [0.15, 0.2) is 5.65 Å². The first kappa shape index (κ1) is 15.3. The maximum atomic E-state index is 5.63. The van der Waals surface area contributed by atoms with E-state index in [0.29, 0.717) is 12.6 Å². The molecule has 1 fully saturated rings. The molecule has 0 amide bonds. The number of hydrogen-bond acceptors (Lipinski definition) is 5. The minimum Gasteiger partial charge on any atom is -0.494 e. The van der Waals surface area contributed by atoms with E-state index in [1.807, 2.05) is 23.6 Å². The minimum absolute atomic E-state index is 0.611. The molecular weight excluding hydrogens is 302 g/mol. The first-order valence-corrected chi connectivity index (χ1v) is 8.85. The summed E-state index contributed by atoms with van der Waals surface area (Å²) >= 11 is 0. The summed E-state index contributed by atoms with van der Waals surface area (Å²) in [6, 6.07) is 8.83. The van der Waals surface area contributed by atoms with Crippen molar-refractivity contribution in [2.45, 2.75) is 51.6 Å². The Morgan fingerprint density at radius 3 is 2.92 bits per heavy atom. The van der Waals surface area contributed by atoms with Gasteiger partial charge >= 0.3 is 0 Å². The summed E-state index contributed by atoms with van der Waals surface area (Å²) in [7, 11) is 0. The van der Waals surface area contributed by atoms with Crippen LogP contribution in [0.3, 0.4) is 0 Å². The highest BCUT2D eigenvalue weighted by atomic mass is 16.5. The van der Waals surface area contributed by atoms with Crippen molar-refractivity contribution in [1.82, 2.24) is 25.4 Å². The Kier molecular flexibility index (Phi) is 4.30. The smallest absolute Gasteiger partial charge is 0.184 e. The number of tetrazole rings is 1. The van der Waals surface area contributed by atoms with Gasteiger partial charge in [-0.05, 0) is 54.5 Å². The molecule has 1 saturated carbocycles. The molecule has 2 aromatic heterocycles. The van der Waals surface area contributed by atoms with E-state index < -0.39 is 0 Å². The van der Waals surface area contributed by atoms with Gasteiger partial charge in [0.1, 0.15) is 5.75 Å². The molecule has 3 aromatic rings. The Morgan fingerprint density at radius 1 is 1.21 bits per heavy atom. The third kappa shape index (κ3) is 2.94. The average molecular weight is 325 g/mol. The van der Waals surface area contributed by atoms with E-state index in [9.17, 15) is 0 Å². The van der Waals surface area contributed by atoms with Gasteiger partial charge in [0.2, 0.25) is 0 Å². The Morgan fingerprint density at radius 2 is 2.08 bits per heavy atom. The van der Waals surface area contributed by atoms with Crippen molar-refractivity contribution in [1.29, 1.82) is 0 Å². The van der Waals surface area contributed by atoms with Crippen LogP contribution in [0.15, 0.2) is 24.3 Å². The van der Waals surface area contributed by atoms with E-state index in [0.717, 1.165) is 34.4 Å². The lowest BCUT2D eigenvalue weighted by molar-refractivity contribution is 0.340. The van der Waals surface area contributed by atoms with E-state index in [-0.39, 0.29) is 0 Å². The first-order valence-electron chi connectivity index (χ1n) is 8.85. The van der Waals surface area contributed by atoms with Crippen molar-refractivity contribution in [3.8, 4) is 5.75 Å².